The Morgan fingerprint density at radius 3 is 1.35 bits per heavy atom. The van der Waals surface area contributed by atoms with Crippen LogP contribution in [0.4, 0.5) is 52.4 Å². The minimum Gasteiger partial charge on any atom is -0.543 e. The number of amides is 1. The topological polar surface area (TPSA) is 402 Å². The predicted octanol–water partition coefficient (Wildman–Crippen LogP) is 9.27. The molecule has 3 aliphatic heterocycles. The van der Waals surface area contributed by atoms with Crippen LogP contribution in [0.25, 0.3) is 16.9 Å². The van der Waals surface area contributed by atoms with Crippen LogP contribution in [0.1, 0.15) is 193 Å². The number of esters is 2. The van der Waals surface area contributed by atoms with Gasteiger partial charge in [-0.05, 0) is 201 Å². The third-order valence-corrected chi connectivity index (χ3v) is 21.9. The summed E-state index contributed by atoms with van der Waals surface area (Å²) in [5.41, 5.74) is 14.2. The SMILES string of the molecule is C.C.CC1CCCO1.CCOC(=O)CC(=O)CC.CCOC(=O)c1c(CC)nc2cc(C)c(C)cn12.CCc1nc2cc(C)c(C)cn2c1C(=O)NCc1ccc(N2CCN(S(=O)(=O)C(F)(F)F)C(OC)=N2)c(F)c1.CCc1nc2cc(C)c(C)cn2c1C(=O)[O-].COC1=NN(c2ccc(CN)cc2F)CCN1S(=O)(=O)C(F)(F)F.Cc1cnc(N)nc1C.[Na+]. The molecular weight excluding hydrogens is 1700 g/mol. The zero-order chi connectivity index (χ0) is 91.2. The molecule has 1 fully saturated rings. The molecule has 682 valence electrons. The Hall–Kier alpha value is -10.7. The van der Waals surface area contributed by atoms with Crippen molar-refractivity contribution in [1.29, 1.82) is 0 Å². The van der Waals surface area contributed by atoms with Gasteiger partial charge in [-0.1, -0.05) is 54.7 Å². The van der Waals surface area contributed by atoms with E-state index in [-0.39, 0.29) is 120 Å². The summed E-state index contributed by atoms with van der Waals surface area (Å²) in [6.07, 6.45) is 12.5. The number of halogens is 8. The average Bonchev–Trinajstić information content (AvgIpc) is 1.71. The minimum atomic E-state index is -5.73. The molecule has 1 unspecified atom stereocenters. The number of carboxylic acids is 1. The summed E-state index contributed by atoms with van der Waals surface area (Å²) >= 11 is 0. The fourth-order valence-electron chi connectivity index (χ4n) is 11.7. The number of nitrogens with zero attached hydrogens (tertiary/aromatic N) is 14. The Bertz CT molecular complexity index is 5530. The summed E-state index contributed by atoms with van der Waals surface area (Å²) in [5.74, 6) is -3.47. The number of carbonyl (C=O) groups excluding carboxylic acids is 5. The number of fused-ring (bicyclic) bond motifs is 3. The number of aromatic nitrogens is 8. The van der Waals surface area contributed by atoms with Crippen molar-refractivity contribution in [3.8, 4) is 0 Å². The molecule has 0 aliphatic carbocycles. The number of sulfonamides is 2. The van der Waals surface area contributed by atoms with Crippen LogP contribution in [-0.2, 0) is 85.7 Å². The van der Waals surface area contributed by atoms with Crippen LogP contribution in [-0.4, -0.2) is 183 Å². The molecule has 12 rings (SSSR count). The van der Waals surface area contributed by atoms with Crippen LogP contribution in [0, 0.1) is 67.0 Å². The van der Waals surface area contributed by atoms with Gasteiger partial charge in [-0.25, -0.2) is 47.1 Å². The van der Waals surface area contributed by atoms with Crippen molar-refractivity contribution in [2.45, 2.75) is 194 Å². The Labute approximate surface area is 744 Å². The van der Waals surface area contributed by atoms with E-state index in [0.29, 0.717) is 96.1 Å². The predicted molar refractivity (Wildman–Crippen MR) is 452 cm³/mol. The van der Waals surface area contributed by atoms with Gasteiger partial charge in [0.2, 0.25) is 5.95 Å². The largest absolute Gasteiger partial charge is 1.00 e. The van der Waals surface area contributed by atoms with E-state index < -0.39 is 79.8 Å². The van der Waals surface area contributed by atoms with Gasteiger partial charge in [0.25, 0.3) is 5.91 Å². The molecule has 1 saturated heterocycles. The number of pyridine rings is 3. The molecule has 1 atom stereocenters. The van der Waals surface area contributed by atoms with Crippen molar-refractivity contribution < 1.29 is 134 Å². The van der Waals surface area contributed by atoms with Gasteiger partial charge in [0.1, 0.15) is 46.5 Å². The third-order valence-electron chi connectivity index (χ3n) is 18.9. The average molecular weight is 1810 g/mol. The first kappa shape index (κ1) is 109. The van der Waals surface area contributed by atoms with Crippen LogP contribution in [0.3, 0.4) is 0 Å². The third kappa shape index (κ3) is 27.9. The molecular formula is C82H110F8N17NaO15S2. The molecule has 5 N–H and O–H groups in total. The molecule has 32 nitrogen and oxygen atoms in total. The van der Waals surface area contributed by atoms with E-state index in [1.54, 1.807) is 35.0 Å². The van der Waals surface area contributed by atoms with E-state index in [4.69, 9.17) is 25.7 Å². The molecule has 9 aromatic rings. The number of nitrogen functional groups attached to an aromatic ring is 1. The van der Waals surface area contributed by atoms with Gasteiger partial charge >= 0.3 is 84.6 Å². The van der Waals surface area contributed by atoms with Gasteiger partial charge in [0, 0.05) is 56.6 Å². The first-order valence-electron chi connectivity index (χ1n) is 38.5. The maximum Gasteiger partial charge on any atom is 1.00 e. The molecule has 3 aliphatic rings. The summed E-state index contributed by atoms with van der Waals surface area (Å²) in [5, 5.41) is 23.3. The molecule has 43 heteroatoms. The first-order chi connectivity index (χ1) is 57.3. The first-order valence-corrected chi connectivity index (χ1v) is 41.4. The zero-order valence-corrected chi connectivity index (χ0v) is 75.4. The van der Waals surface area contributed by atoms with E-state index >= 15 is 4.39 Å². The number of aryl methyl sites for hydroxylation is 11. The number of hydrazone groups is 2. The molecule has 0 spiro atoms. The van der Waals surface area contributed by atoms with Crippen molar-refractivity contribution in [2.75, 3.05) is 76.0 Å². The van der Waals surface area contributed by atoms with Crippen LogP contribution in [0.15, 0.2) is 89.6 Å². The number of aromatic carboxylic acids is 1. The van der Waals surface area contributed by atoms with Gasteiger partial charge in [-0.2, -0.15) is 43.2 Å². The number of ether oxygens (including phenoxy) is 5. The number of amidine groups is 2. The zero-order valence-electron chi connectivity index (χ0n) is 71.8. The smallest absolute Gasteiger partial charge is 0.543 e. The number of Topliss-reactive ketones (excluding diaryl/α,β-unsaturated/α-hetero) is 1. The number of ketones is 1. The molecule has 0 radical (unpaired) electrons. The molecule has 1 amide bonds. The van der Waals surface area contributed by atoms with E-state index in [1.165, 1.54) is 42.7 Å². The fourth-order valence-corrected chi connectivity index (χ4v) is 13.5. The molecule has 0 bridgehead atoms. The molecule has 10 heterocycles. The quantitative estimate of drug-likeness (QED) is 0.0311. The molecule has 125 heavy (non-hydrogen) atoms. The number of hydrogen-bond donors (Lipinski definition) is 3. The van der Waals surface area contributed by atoms with Crippen LogP contribution >= 0.6 is 0 Å². The number of hydrogen-bond acceptors (Lipinski definition) is 26. The number of anilines is 3. The number of nitrogens with one attached hydrogen (secondary N) is 1. The van der Waals surface area contributed by atoms with E-state index in [9.17, 15) is 76.6 Å². The number of nitrogens with two attached hydrogens (primary N) is 2. The number of imidazole rings is 3. The standard InChI is InChI=1S/C24H26F4N6O4S.C14H18N2O2.C12H14F4N4O3S.C12H14N2O2.C7H12O3.C6H9N3.C5H10O.2CH4.Na/c1-5-18-21(32-13-15(3)14(2)10-20(32)30-18)22(35)29-12-16-6-7-19(17(25)11-16)33-8-9-34(23(31-33)38-4)39(36,37)24(26,27)28;1-5-11-13(14(17)18-6-2)16-8-10(4)9(3)7-12(16)15-11;1-23-11-18-19(10-3-2-8(7-17)6-9(10)13)4-5-20(11)24(21,22)12(14,15)16;1-4-9-11(12(15)16)14-6-8(3)7(2)5-10(14)13-9;1-3-6(8)5-7(9)10-4-2;1-4-3-8-6(7)9-5(4)2;1-5-3-2-4-6-5;;;/h6-7,10-11,13H,5,8-9,12H2,1-4H3,(H,29,35);7-8H,5-6H2,1-4H3;2-3,6H,4-5,7,17H2,1H3;5-6H,4H2,1-3H3,(H,15,16);3-5H2,1-2H3;3H,1-2H3,(H2,7,8,9);5H,2-4H2,1H3;2*1H4;/q;;;;;;;;;+1/p-1. The monoisotopic (exact) mass is 1810 g/mol. The van der Waals surface area contributed by atoms with Gasteiger partial charge in [-0.3, -0.25) is 37.6 Å². The Morgan fingerprint density at radius 2 is 1.00 bits per heavy atom. The number of methoxy groups -OCH3 is 2. The summed E-state index contributed by atoms with van der Waals surface area (Å²) in [6.45, 7) is 28.8. The van der Waals surface area contributed by atoms with E-state index in [0.717, 1.165) is 93.4 Å². The van der Waals surface area contributed by atoms with Gasteiger partial charge in [0.15, 0.2) is 5.69 Å². The van der Waals surface area contributed by atoms with Crippen LogP contribution in [0.5, 0.6) is 0 Å². The number of alkyl halides is 6. The van der Waals surface area contributed by atoms with Gasteiger partial charge < -0.3 is 50.4 Å². The van der Waals surface area contributed by atoms with Crippen molar-refractivity contribution in [1.82, 2.24) is 52.0 Å². The Kier molecular flexibility index (Phi) is 41.8. The van der Waals surface area contributed by atoms with Gasteiger partial charge in [-0.15, -0.1) is 10.2 Å². The molecule has 7 aromatic heterocycles. The summed E-state index contributed by atoms with van der Waals surface area (Å²) in [4.78, 5) is 78.4. The van der Waals surface area contributed by atoms with Crippen molar-refractivity contribution in [2.24, 2.45) is 15.9 Å². The van der Waals surface area contributed by atoms with Crippen molar-refractivity contribution in [3.63, 3.8) is 0 Å². The second kappa shape index (κ2) is 48.2. The number of rotatable bonds is 18. The molecule has 0 saturated carbocycles. The normalized spacial score (nSPS) is 13.7. The Morgan fingerprint density at radius 1 is 0.584 bits per heavy atom. The number of benzene rings is 2. The second-order valence-electron chi connectivity index (χ2n) is 27.5. The Balaban J connectivity index is 0.000000405. The maximum absolute atomic E-state index is 15.0. The van der Waals surface area contributed by atoms with Crippen LogP contribution < -0.4 is 61.5 Å². The molecule has 2 aromatic carbocycles. The summed E-state index contributed by atoms with van der Waals surface area (Å²) in [7, 11) is -9.45. The van der Waals surface area contributed by atoms with Gasteiger partial charge in [0.05, 0.1) is 99.8 Å². The maximum atomic E-state index is 15.0. The summed E-state index contributed by atoms with van der Waals surface area (Å²) in [6, 6.07) is 12.2. The second-order valence-corrected chi connectivity index (χ2v) is 31.2. The van der Waals surface area contributed by atoms with Crippen LogP contribution in [0.2, 0.25) is 0 Å². The van der Waals surface area contributed by atoms with E-state index in [2.05, 4.69) is 56.8 Å². The number of carbonyl (C=O) groups is 5. The summed E-state index contributed by atoms with van der Waals surface area (Å²) < 4.78 is 182. The fraction of sp³-hybridized carbons (Fsp3) is 0.463. The number of carboxylic acid groups (broad SMARTS) is 1. The van der Waals surface area contributed by atoms with Crippen molar-refractivity contribution >= 4 is 96.0 Å². The van der Waals surface area contributed by atoms with E-state index in [1.807, 2.05) is 118 Å². The van der Waals surface area contributed by atoms with Crippen molar-refractivity contribution in [3.05, 3.63) is 181 Å². The minimum absolute atomic E-state index is 0.